The summed E-state index contributed by atoms with van der Waals surface area (Å²) in [7, 11) is 1.26. The molecule has 0 aliphatic carbocycles. The molecule has 0 spiro atoms. The standard InChI is InChI=1S/C9H9N3O3S2/c1-5-4-10-8(16-5)6-3-7(9(13)15-2)12-17(14)11-6/h3-4,12H,1-2H3. The van der Waals surface area contributed by atoms with Crippen molar-refractivity contribution in [3.8, 4) is 0 Å². The number of allylic oxidation sites excluding steroid dienone is 1. The highest BCUT2D eigenvalue weighted by molar-refractivity contribution is 7.88. The van der Waals surface area contributed by atoms with Crippen molar-refractivity contribution < 1.29 is 14.1 Å². The van der Waals surface area contributed by atoms with Crippen LogP contribution < -0.4 is 4.72 Å². The molecule has 8 heteroatoms. The van der Waals surface area contributed by atoms with E-state index in [2.05, 4.69) is 18.8 Å². The van der Waals surface area contributed by atoms with Crippen LogP contribution in [0.3, 0.4) is 0 Å². The number of methoxy groups -OCH3 is 1. The summed E-state index contributed by atoms with van der Waals surface area (Å²) in [4.78, 5) is 16.5. The second-order valence-corrected chi connectivity index (χ2v) is 5.27. The number of carbonyl (C=O) groups excluding carboxylic acids is 1. The Labute approximate surface area is 105 Å². The highest BCUT2D eigenvalue weighted by atomic mass is 32.2. The maximum atomic E-state index is 11.4. The van der Waals surface area contributed by atoms with Gasteiger partial charge in [-0.2, -0.15) is 4.72 Å². The normalized spacial score (nSPS) is 19.1. The van der Waals surface area contributed by atoms with E-state index >= 15 is 0 Å². The molecule has 0 bridgehead atoms. The molecule has 0 saturated carbocycles. The molecule has 1 unspecified atom stereocenters. The van der Waals surface area contributed by atoms with E-state index in [9.17, 15) is 9.35 Å². The smallest absolute Gasteiger partial charge is 0.358 e. The fourth-order valence-electron chi connectivity index (χ4n) is 1.18. The Bertz CT molecular complexity index is 509. The van der Waals surface area contributed by atoms with Crippen molar-refractivity contribution in [1.29, 1.82) is 0 Å². The van der Waals surface area contributed by atoms with E-state index in [0.29, 0.717) is 10.7 Å². The number of nitrogens with one attached hydrogen (secondary N) is 1. The Kier molecular flexibility index (Phi) is 3.46. The van der Waals surface area contributed by atoms with Gasteiger partial charge in [-0.3, -0.25) is 0 Å². The summed E-state index contributed by atoms with van der Waals surface area (Å²) in [5.74, 6) is -0.584. The first kappa shape index (κ1) is 12.1. The molecule has 1 aromatic heterocycles. The summed E-state index contributed by atoms with van der Waals surface area (Å²) in [6.07, 6.45) is 3.17. The van der Waals surface area contributed by atoms with Gasteiger partial charge in [0.15, 0.2) is 11.4 Å². The summed E-state index contributed by atoms with van der Waals surface area (Å²) >= 11 is -0.261. The van der Waals surface area contributed by atoms with Crippen LogP contribution in [-0.4, -0.2) is 28.3 Å². The molecular weight excluding hydrogens is 262 g/mol. The van der Waals surface area contributed by atoms with Crippen LogP contribution in [-0.2, 0) is 21.1 Å². The number of rotatable bonds is 2. The number of carbonyl (C=O) groups is 1. The third-order valence-electron chi connectivity index (χ3n) is 1.91. The average molecular weight is 271 g/mol. The average Bonchev–Trinajstić information content (AvgIpc) is 2.74. The van der Waals surface area contributed by atoms with E-state index in [1.54, 1.807) is 6.20 Å². The van der Waals surface area contributed by atoms with Gasteiger partial charge in [-0.25, -0.2) is 9.78 Å². The van der Waals surface area contributed by atoms with Crippen molar-refractivity contribution in [3.05, 3.63) is 27.9 Å². The lowest BCUT2D eigenvalue weighted by Gasteiger charge is -2.12. The summed E-state index contributed by atoms with van der Waals surface area (Å²) in [5.41, 5.74) is 0.532. The van der Waals surface area contributed by atoms with Gasteiger partial charge in [-0.1, -0.05) is 0 Å². The van der Waals surface area contributed by atoms with Crippen LogP contribution in [0.2, 0.25) is 0 Å². The molecule has 90 valence electrons. The number of hydrogen-bond acceptors (Lipinski definition) is 7. The summed E-state index contributed by atoms with van der Waals surface area (Å²) in [5, 5.41) is 0.624. The highest BCUT2D eigenvalue weighted by Gasteiger charge is 2.25. The predicted molar refractivity (Wildman–Crippen MR) is 64.8 cm³/mol. The molecule has 6 nitrogen and oxygen atoms in total. The first-order chi connectivity index (χ1) is 8.10. The van der Waals surface area contributed by atoms with Crippen molar-refractivity contribution in [3.63, 3.8) is 0 Å². The Morgan fingerprint density at radius 3 is 3.00 bits per heavy atom. The van der Waals surface area contributed by atoms with Crippen LogP contribution >= 0.6 is 11.3 Å². The van der Waals surface area contributed by atoms with E-state index in [1.165, 1.54) is 24.5 Å². The quantitative estimate of drug-likeness (QED) is 0.624. The van der Waals surface area contributed by atoms with Crippen molar-refractivity contribution in [2.75, 3.05) is 7.11 Å². The van der Waals surface area contributed by atoms with Crippen LogP contribution in [0.4, 0.5) is 0 Å². The number of esters is 1. The molecule has 0 radical (unpaired) electrons. The Morgan fingerprint density at radius 1 is 1.65 bits per heavy atom. The van der Waals surface area contributed by atoms with Crippen LogP contribution in [0, 0.1) is 6.92 Å². The van der Waals surface area contributed by atoms with Crippen LogP contribution in [0.5, 0.6) is 0 Å². The molecule has 17 heavy (non-hydrogen) atoms. The number of ether oxygens (including phenoxy) is 1. The molecule has 1 aromatic rings. The second-order valence-electron chi connectivity index (χ2n) is 3.15. The number of thiazole rings is 1. The lowest BCUT2D eigenvalue weighted by molar-refractivity contribution is -0.136. The molecule has 0 amide bonds. The van der Waals surface area contributed by atoms with E-state index in [0.717, 1.165) is 4.88 Å². The van der Waals surface area contributed by atoms with Gasteiger partial charge >= 0.3 is 5.97 Å². The lowest BCUT2D eigenvalue weighted by atomic mass is 10.3. The van der Waals surface area contributed by atoms with Crippen LogP contribution in [0.1, 0.15) is 9.88 Å². The fraction of sp³-hybridized carbons (Fsp3) is 0.222. The summed E-state index contributed by atoms with van der Waals surface area (Å²) in [6, 6.07) is 0. The SMILES string of the molecule is COC(=O)C1=CC(c2ncc(C)s2)=N[S+]([O-])N1. The van der Waals surface area contributed by atoms with Crippen LogP contribution in [0.25, 0.3) is 0 Å². The maximum Gasteiger partial charge on any atom is 0.358 e. The van der Waals surface area contributed by atoms with Gasteiger partial charge in [-0.05, 0) is 11.3 Å². The minimum absolute atomic E-state index is 0.115. The van der Waals surface area contributed by atoms with Crippen molar-refractivity contribution in [2.45, 2.75) is 6.92 Å². The molecule has 0 fully saturated rings. The molecule has 1 aliphatic heterocycles. The zero-order valence-electron chi connectivity index (χ0n) is 9.09. The van der Waals surface area contributed by atoms with Gasteiger partial charge in [0.25, 0.3) is 0 Å². The minimum atomic E-state index is -1.68. The van der Waals surface area contributed by atoms with Gasteiger partial charge in [0.05, 0.1) is 7.11 Å². The molecule has 2 heterocycles. The number of nitrogens with zero attached hydrogens (tertiary/aromatic N) is 2. The largest absolute Gasteiger partial charge is 0.567 e. The third kappa shape index (κ3) is 2.65. The topological polar surface area (TPSA) is 86.6 Å². The first-order valence-electron chi connectivity index (χ1n) is 4.60. The van der Waals surface area contributed by atoms with Gasteiger partial charge in [0.2, 0.25) is 11.5 Å². The monoisotopic (exact) mass is 271 g/mol. The Hall–Kier alpha value is -1.38. The van der Waals surface area contributed by atoms with Gasteiger partial charge in [0.1, 0.15) is 5.01 Å². The maximum absolute atomic E-state index is 11.4. The van der Waals surface area contributed by atoms with Gasteiger partial charge < -0.3 is 9.29 Å². The Balaban J connectivity index is 2.33. The van der Waals surface area contributed by atoms with Crippen molar-refractivity contribution >= 4 is 34.6 Å². The number of aromatic nitrogens is 1. The first-order valence-corrected chi connectivity index (χ1v) is 6.52. The molecule has 0 aromatic carbocycles. The molecule has 1 atom stereocenters. The van der Waals surface area contributed by atoms with Gasteiger partial charge in [-0.15, -0.1) is 11.3 Å². The highest BCUT2D eigenvalue weighted by Crippen LogP contribution is 2.17. The zero-order chi connectivity index (χ0) is 12.4. The van der Waals surface area contributed by atoms with E-state index < -0.39 is 17.5 Å². The predicted octanol–water partition coefficient (Wildman–Crippen LogP) is 0.479. The minimum Gasteiger partial charge on any atom is -0.567 e. The molecule has 1 N–H and O–H groups in total. The Morgan fingerprint density at radius 2 is 2.41 bits per heavy atom. The molecular formula is C9H9N3O3S2. The molecule has 1 aliphatic rings. The third-order valence-corrected chi connectivity index (χ3v) is 3.60. The van der Waals surface area contributed by atoms with E-state index in [4.69, 9.17) is 0 Å². The van der Waals surface area contributed by atoms with E-state index in [1.807, 2.05) is 6.92 Å². The number of aryl methyl sites for hydroxylation is 1. The van der Waals surface area contributed by atoms with Gasteiger partial charge in [0, 0.05) is 17.2 Å². The fourth-order valence-corrected chi connectivity index (χ4v) is 2.66. The summed E-state index contributed by atoms with van der Waals surface area (Å²) in [6.45, 7) is 1.91. The number of hydrogen-bond donors (Lipinski definition) is 1. The van der Waals surface area contributed by atoms with E-state index in [-0.39, 0.29) is 5.70 Å². The van der Waals surface area contributed by atoms with Crippen molar-refractivity contribution in [1.82, 2.24) is 9.71 Å². The summed E-state index contributed by atoms with van der Waals surface area (Å²) < 4.78 is 22.3. The van der Waals surface area contributed by atoms with Crippen molar-refractivity contribution in [2.24, 2.45) is 4.40 Å². The molecule has 0 saturated heterocycles. The lowest BCUT2D eigenvalue weighted by Crippen LogP contribution is -2.31. The van der Waals surface area contributed by atoms with Crippen LogP contribution in [0.15, 0.2) is 22.4 Å². The molecule has 2 rings (SSSR count). The zero-order valence-corrected chi connectivity index (χ0v) is 10.7. The second kappa shape index (κ2) is 4.86.